The topological polar surface area (TPSA) is 132 Å². The minimum Gasteiger partial charge on any atom is -0.480 e. The molecular weight excluding hydrogens is 667 g/mol. The summed E-state index contributed by atoms with van der Waals surface area (Å²) >= 11 is 0. The number of fused-ring (bicyclic) bond motifs is 2. The van der Waals surface area contributed by atoms with E-state index in [9.17, 15) is 14.7 Å². The van der Waals surface area contributed by atoms with Crippen LogP contribution in [-0.2, 0) is 13.0 Å². The summed E-state index contributed by atoms with van der Waals surface area (Å²) in [5.74, 6) is -0.179. The Labute approximate surface area is 308 Å². The van der Waals surface area contributed by atoms with Gasteiger partial charge in [-0.2, -0.15) is 0 Å². The van der Waals surface area contributed by atoms with E-state index in [2.05, 4.69) is 57.9 Å². The molecule has 3 heterocycles. The fourth-order valence-electron chi connectivity index (χ4n) is 6.98. The molecule has 11 heteroatoms. The average molecular weight is 710 g/mol. The van der Waals surface area contributed by atoms with Gasteiger partial charge in [0.1, 0.15) is 5.69 Å². The molecule has 6 aromatic rings. The van der Waals surface area contributed by atoms with Crippen molar-refractivity contribution in [2.24, 2.45) is 0 Å². The van der Waals surface area contributed by atoms with Crippen LogP contribution < -0.4 is 25.6 Å². The van der Waals surface area contributed by atoms with Crippen LogP contribution in [0.1, 0.15) is 39.7 Å². The van der Waals surface area contributed by atoms with Gasteiger partial charge in [0.15, 0.2) is 0 Å². The van der Waals surface area contributed by atoms with Crippen molar-refractivity contribution in [3.8, 4) is 5.88 Å². The first-order valence-electron chi connectivity index (χ1n) is 17.8. The van der Waals surface area contributed by atoms with Gasteiger partial charge in [0.2, 0.25) is 5.88 Å². The van der Waals surface area contributed by atoms with E-state index < -0.39 is 5.91 Å². The van der Waals surface area contributed by atoms with Crippen molar-refractivity contribution < 1.29 is 19.4 Å². The van der Waals surface area contributed by atoms with Crippen LogP contribution >= 0.6 is 0 Å². The van der Waals surface area contributed by atoms with E-state index in [4.69, 9.17) is 9.72 Å². The van der Waals surface area contributed by atoms with Gasteiger partial charge < -0.3 is 35.6 Å². The maximum Gasteiger partial charge on any atom is 0.322 e. The van der Waals surface area contributed by atoms with Crippen molar-refractivity contribution in [2.75, 3.05) is 54.1 Å². The molecule has 1 fully saturated rings. The maximum atomic E-state index is 14.0. The third-order valence-corrected chi connectivity index (χ3v) is 9.51. The number of urea groups is 1. The van der Waals surface area contributed by atoms with Gasteiger partial charge in [-0.15, -0.1) is 0 Å². The number of piperazine rings is 1. The molecule has 0 bridgehead atoms. The summed E-state index contributed by atoms with van der Waals surface area (Å²) in [4.78, 5) is 41.0. The van der Waals surface area contributed by atoms with Gasteiger partial charge in [-0.25, -0.2) is 14.8 Å². The van der Waals surface area contributed by atoms with Crippen LogP contribution in [0.5, 0.6) is 5.88 Å². The third-order valence-electron chi connectivity index (χ3n) is 9.51. The fraction of sp³-hybridized carbons (Fsp3) is 0.238. The van der Waals surface area contributed by atoms with E-state index in [1.807, 2.05) is 67.6 Å². The number of benzene rings is 4. The van der Waals surface area contributed by atoms with E-state index in [1.54, 1.807) is 17.0 Å². The Balaban J connectivity index is 1.11. The molecule has 2 aromatic heterocycles. The minimum absolute atomic E-state index is 0.227. The van der Waals surface area contributed by atoms with E-state index in [0.29, 0.717) is 66.5 Å². The number of aromatic nitrogens is 2. The number of amides is 3. The highest BCUT2D eigenvalue weighted by Gasteiger charge is 2.25. The highest BCUT2D eigenvalue weighted by atomic mass is 16.5. The molecule has 53 heavy (non-hydrogen) atoms. The lowest BCUT2D eigenvalue weighted by Crippen LogP contribution is -2.50. The Morgan fingerprint density at radius 2 is 1.43 bits per heavy atom. The number of methoxy groups -OCH3 is 1. The fourth-order valence-corrected chi connectivity index (χ4v) is 6.98. The first-order chi connectivity index (χ1) is 25.7. The van der Waals surface area contributed by atoms with Gasteiger partial charge in [-0.05, 0) is 85.5 Å². The predicted octanol–water partition coefficient (Wildman–Crippen LogP) is 7.81. The number of nitrogens with zero attached hydrogens (tertiary/aromatic N) is 4. The highest BCUT2D eigenvalue weighted by molar-refractivity contribution is 6.09. The van der Waals surface area contributed by atoms with Gasteiger partial charge in [0.05, 0.1) is 41.7 Å². The number of ether oxygens (including phenoxy) is 1. The Morgan fingerprint density at radius 1 is 0.792 bits per heavy atom. The van der Waals surface area contributed by atoms with Crippen LogP contribution in [0.15, 0.2) is 91.0 Å². The van der Waals surface area contributed by atoms with E-state index >= 15 is 0 Å². The van der Waals surface area contributed by atoms with Crippen LogP contribution in [0.2, 0.25) is 0 Å². The Kier molecular flexibility index (Phi) is 10.1. The van der Waals surface area contributed by atoms with Gasteiger partial charge in [-0.1, -0.05) is 49.4 Å². The lowest BCUT2D eigenvalue weighted by molar-refractivity contribution is 0.102. The molecule has 11 nitrogen and oxygen atoms in total. The van der Waals surface area contributed by atoms with Crippen molar-refractivity contribution >= 4 is 62.2 Å². The van der Waals surface area contributed by atoms with Crippen molar-refractivity contribution in [3.63, 3.8) is 0 Å². The number of para-hydroxylation sites is 2. The second kappa shape index (κ2) is 15.2. The molecule has 0 saturated carbocycles. The molecule has 270 valence electrons. The van der Waals surface area contributed by atoms with Crippen LogP contribution in [0.4, 0.5) is 33.2 Å². The zero-order chi connectivity index (χ0) is 37.1. The molecule has 7 rings (SSSR count). The zero-order valence-corrected chi connectivity index (χ0v) is 30.4. The average Bonchev–Trinajstić information content (AvgIpc) is 3.17. The van der Waals surface area contributed by atoms with Gasteiger partial charge in [-0.3, -0.25) is 4.79 Å². The van der Waals surface area contributed by atoms with Crippen LogP contribution in [0, 0.1) is 13.8 Å². The molecule has 1 aliphatic rings. The number of nitrogens with one attached hydrogen (secondary N) is 3. The molecule has 1 aliphatic heterocycles. The smallest absolute Gasteiger partial charge is 0.322 e. The van der Waals surface area contributed by atoms with Gasteiger partial charge >= 0.3 is 6.03 Å². The Morgan fingerprint density at radius 3 is 2.06 bits per heavy atom. The second-order valence-electron chi connectivity index (χ2n) is 13.3. The van der Waals surface area contributed by atoms with E-state index in [1.165, 1.54) is 18.2 Å². The molecule has 3 amide bonds. The number of anilines is 5. The largest absolute Gasteiger partial charge is 0.480 e. The van der Waals surface area contributed by atoms with E-state index in [-0.39, 0.29) is 18.5 Å². The van der Waals surface area contributed by atoms with E-state index in [0.717, 1.165) is 33.2 Å². The van der Waals surface area contributed by atoms with Crippen molar-refractivity contribution in [3.05, 3.63) is 119 Å². The minimum atomic E-state index is -0.407. The monoisotopic (exact) mass is 709 g/mol. The van der Waals surface area contributed by atoms with Gasteiger partial charge in [0, 0.05) is 54.0 Å². The van der Waals surface area contributed by atoms with Crippen LogP contribution in [0.3, 0.4) is 0 Å². The maximum absolute atomic E-state index is 14.0. The molecule has 0 radical (unpaired) electrons. The summed E-state index contributed by atoms with van der Waals surface area (Å²) in [5, 5.41) is 21.6. The van der Waals surface area contributed by atoms with Gasteiger partial charge in [0.25, 0.3) is 5.91 Å². The molecule has 0 unspecified atom stereocenters. The quantitative estimate of drug-likeness (QED) is 0.112. The number of carbonyl (C=O) groups excluding carboxylic acids is 2. The highest BCUT2D eigenvalue weighted by Crippen LogP contribution is 2.34. The molecule has 0 aliphatic carbocycles. The number of aliphatic hydroxyl groups is 1. The lowest BCUT2D eigenvalue weighted by Gasteiger charge is -2.36. The Bertz CT molecular complexity index is 2260. The molecular formula is C42H43N7O4. The number of rotatable bonds is 9. The predicted molar refractivity (Wildman–Crippen MR) is 212 cm³/mol. The Hall–Kier alpha value is -6.20. The summed E-state index contributed by atoms with van der Waals surface area (Å²) in [6, 6.07) is 29.1. The first-order valence-corrected chi connectivity index (χ1v) is 17.8. The molecule has 4 aromatic carbocycles. The number of carbonyl (C=O) groups is 2. The zero-order valence-electron chi connectivity index (χ0n) is 30.4. The first kappa shape index (κ1) is 35.2. The molecule has 0 atom stereocenters. The summed E-state index contributed by atoms with van der Waals surface area (Å²) in [7, 11) is 1.49. The third kappa shape index (κ3) is 7.56. The van der Waals surface area contributed by atoms with Crippen LogP contribution in [0.25, 0.3) is 21.8 Å². The standard InChI is InChI=1S/C42H43N7O4/c1-5-35-34(24-38(41(46-35)53-4)47-42(52)49-16-14-48(15-17-49)31-19-26(2)18-27(3)20-31)40(51)44-30-22-28(25-50)21-29(23-30)43-39-32-10-6-8-12-36(32)45-37-13-9-7-11-33(37)39/h6-13,18-24,50H,5,14-17,25H2,1-4H3,(H,43,45)(H,44,51)(H,47,52). The number of hydrogen-bond donors (Lipinski definition) is 4. The summed E-state index contributed by atoms with van der Waals surface area (Å²) in [5.41, 5.74) is 9.06. The summed E-state index contributed by atoms with van der Waals surface area (Å²) < 4.78 is 5.57. The number of pyridine rings is 2. The number of aliphatic hydroxyl groups excluding tert-OH is 1. The molecule has 0 spiro atoms. The number of hydrogen-bond acceptors (Lipinski definition) is 8. The lowest BCUT2D eigenvalue weighted by atomic mass is 10.1. The summed E-state index contributed by atoms with van der Waals surface area (Å²) in [6.45, 7) is 8.34. The molecule has 4 N–H and O–H groups in total. The SMILES string of the molecule is CCc1nc(OC)c(NC(=O)N2CCN(c3cc(C)cc(C)c3)CC2)cc1C(=O)Nc1cc(CO)cc(Nc2c3ccccc3nc3ccccc23)c1. The van der Waals surface area contributed by atoms with Crippen molar-refractivity contribution in [2.45, 2.75) is 33.8 Å². The number of aryl methyl sites for hydroxylation is 3. The summed E-state index contributed by atoms with van der Waals surface area (Å²) in [6.07, 6.45) is 0.458. The van der Waals surface area contributed by atoms with Crippen molar-refractivity contribution in [1.29, 1.82) is 0 Å². The van der Waals surface area contributed by atoms with Crippen LogP contribution in [-0.4, -0.2) is 65.2 Å². The molecule has 1 saturated heterocycles. The normalized spacial score (nSPS) is 12.9. The second-order valence-corrected chi connectivity index (χ2v) is 13.3. The van der Waals surface area contributed by atoms with Crippen molar-refractivity contribution in [1.82, 2.24) is 14.9 Å².